The monoisotopic (exact) mass is 357 g/mol. The number of nitro groups is 2. The third-order valence-corrected chi connectivity index (χ3v) is 3.99. The van der Waals surface area contributed by atoms with Crippen molar-refractivity contribution in [1.82, 2.24) is 0 Å². The summed E-state index contributed by atoms with van der Waals surface area (Å²) in [4.78, 5) is 46.7. The van der Waals surface area contributed by atoms with Gasteiger partial charge >= 0.3 is 0 Å². The maximum atomic E-state index is 12.6. The number of aliphatic hydroxyl groups is 1. The number of hydrogen-bond acceptors (Lipinski definition) is 7. The Morgan fingerprint density at radius 3 is 2.00 bits per heavy atom. The summed E-state index contributed by atoms with van der Waals surface area (Å²) >= 11 is 0. The Kier molecular flexibility index (Phi) is 4.18. The van der Waals surface area contributed by atoms with E-state index in [1.807, 2.05) is 0 Å². The van der Waals surface area contributed by atoms with Crippen LogP contribution in [0.3, 0.4) is 0 Å². The molecule has 0 unspecified atom stereocenters. The second-order valence-electron chi connectivity index (χ2n) is 5.44. The summed E-state index contributed by atoms with van der Waals surface area (Å²) in [5.74, 6) is -1.47. The fourth-order valence-electron chi connectivity index (χ4n) is 2.87. The van der Waals surface area contributed by atoms with E-state index in [0.29, 0.717) is 4.90 Å². The fourth-order valence-corrected chi connectivity index (χ4v) is 2.87. The molecule has 0 bridgehead atoms. The van der Waals surface area contributed by atoms with E-state index in [1.54, 1.807) is 12.1 Å². The zero-order valence-corrected chi connectivity index (χ0v) is 13.1. The van der Waals surface area contributed by atoms with Gasteiger partial charge in [0.2, 0.25) is 0 Å². The highest BCUT2D eigenvalue weighted by atomic mass is 16.6. The zero-order valence-electron chi connectivity index (χ0n) is 13.1. The van der Waals surface area contributed by atoms with Crippen molar-refractivity contribution in [2.75, 3.05) is 11.5 Å². The number of carbonyl (C=O) groups excluding carboxylic acids is 2. The number of anilines is 1. The van der Waals surface area contributed by atoms with Gasteiger partial charge < -0.3 is 5.11 Å². The second-order valence-corrected chi connectivity index (χ2v) is 5.44. The molecule has 0 spiro atoms. The SMILES string of the molecule is O=C1c2ccccc2C(=O)N1c1cc([N+](=O)[O-])cc([N+](=O)[O-])c1CCO. The number of benzene rings is 2. The first-order valence-corrected chi connectivity index (χ1v) is 7.41. The van der Waals surface area contributed by atoms with Gasteiger partial charge in [0.05, 0.1) is 38.3 Å². The highest BCUT2D eigenvalue weighted by Gasteiger charge is 2.39. The zero-order chi connectivity index (χ0) is 19.0. The molecule has 1 aliphatic rings. The molecule has 0 saturated carbocycles. The van der Waals surface area contributed by atoms with Gasteiger partial charge in [0.1, 0.15) is 0 Å². The first kappa shape index (κ1) is 17.2. The van der Waals surface area contributed by atoms with Gasteiger partial charge in [0, 0.05) is 19.1 Å². The lowest BCUT2D eigenvalue weighted by Crippen LogP contribution is -2.30. The van der Waals surface area contributed by atoms with Crippen LogP contribution in [0.4, 0.5) is 17.1 Å². The molecular weight excluding hydrogens is 346 g/mol. The number of fused-ring (bicyclic) bond motifs is 1. The average Bonchev–Trinajstić information content (AvgIpc) is 2.86. The van der Waals surface area contributed by atoms with Crippen LogP contribution in [0.2, 0.25) is 0 Å². The molecule has 0 aromatic heterocycles. The molecule has 0 radical (unpaired) electrons. The molecule has 0 atom stereocenters. The topological polar surface area (TPSA) is 144 Å². The number of non-ortho nitro benzene ring substituents is 1. The van der Waals surface area contributed by atoms with Gasteiger partial charge in [-0.15, -0.1) is 0 Å². The molecule has 26 heavy (non-hydrogen) atoms. The third-order valence-electron chi connectivity index (χ3n) is 3.99. The van der Waals surface area contributed by atoms with Crippen LogP contribution in [-0.2, 0) is 6.42 Å². The minimum absolute atomic E-state index is 0.0987. The van der Waals surface area contributed by atoms with Crippen LogP contribution in [0.1, 0.15) is 26.3 Å². The molecule has 2 amide bonds. The molecule has 10 nitrogen and oxygen atoms in total. The van der Waals surface area contributed by atoms with Gasteiger partial charge in [0.25, 0.3) is 23.2 Å². The highest BCUT2D eigenvalue weighted by Crippen LogP contribution is 2.38. The Bertz CT molecular complexity index is 935. The van der Waals surface area contributed by atoms with E-state index in [0.717, 1.165) is 12.1 Å². The van der Waals surface area contributed by atoms with E-state index < -0.39 is 39.6 Å². The molecule has 0 fully saturated rings. The number of hydrogen-bond donors (Lipinski definition) is 1. The van der Waals surface area contributed by atoms with Crippen molar-refractivity contribution < 1.29 is 24.5 Å². The minimum atomic E-state index is -0.850. The molecule has 1 N–H and O–H groups in total. The summed E-state index contributed by atoms with van der Waals surface area (Å²) in [5, 5.41) is 31.7. The van der Waals surface area contributed by atoms with E-state index in [2.05, 4.69) is 0 Å². The Labute approximate surface area is 145 Å². The van der Waals surface area contributed by atoms with Crippen molar-refractivity contribution in [1.29, 1.82) is 0 Å². The Morgan fingerprint density at radius 1 is 0.962 bits per heavy atom. The number of carbonyl (C=O) groups is 2. The predicted molar refractivity (Wildman–Crippen MR) is 88.1 cm³/mol. The second kappa shape index (κ2) is 6.33. The third kappa shape index (κ3) is 2.58. The van der Waals surface area contributed by atoms with Crippen molar-refractivity contribution in [2.45, 2.75) is 6.42 Å². The predicted octanol–water partition coefficient (Wildman–Crippen LogP) is 1.84. The van der Waals surface area contributed by atoms with Gasteiger partial charge in [-0.05, 0) is 12.1 Å². The number of amides is 2. The van der Waals surface area contributed by atoms with Crippen LogP contribution in [0.5, 0.6) is 0 Å². The molecule has 1 aliphatic heterocycles. The summed E-state index contributed by atoms with van der Waals surface area (Å²) in [6.45, 7) is -0.505. The van der Waals surface area contributed by atoms with Gasteiger partial charge in [-0.2, -0.15) is 0 Å². The maximum absolute atomic E-state index is 12.6. The largest absolute Gasteiger partial charge is 0.396 e. The van der Waals surface area contributed by atoms with Gasteiger partial charge in [-0.3, -0.25) is 29.8 Å². The van der Waals surface area contributed by atoms with Gasteiger partial charge in [-0.1, -0.05) is 12.1 Å². The summed E-state index contributed by atoms with van der Waals surface area (Å²) in [6.07, 6.45) is -0.253. The molecule has 10 heteroatoms. The van der Waals surface area contributed by atoms with Crippen LogP contribution < -0.4 is 4.90 Å². The lowest BCUT2D eigenvalue weighted by Gasteiger charge is -2.17. The Balaban J connectivity index is 2.27. The fraction of sp³-hybridized carbons (Fsp3) is 0.125. The lowest BCUT2D eigenvalue weighted by atomic mass is 10.0. The Hall–Kier alpha value is -3.66. The summed E-state index contributed by atoms with van der Waals surface area (Å²) in [5.41, 5.74) is -1.48. The molecule has 0 aliphatic carbocycles. The standard InChI is InChI=1S/C16H11N3O7/c20-6-5-12-13(7-9(18(23)24)8-14(12)19(25)26)17-15(21)10-3-1-2-4-11(10)16(17)22/h1-4,7-8,20H,5-6H2. The normalized spacial score (nSPS) is 13.0. The van der Waals surface area contributed by atoms with Crippen LogP contribution in [0.15, 0.2) is 36.4 Å². The molecule has 3 rings (SSSR count). The lowest BCUT2D eigenvalue weighted by molar-refractivity contribution is -0.394. The number of nitrogens with zero attached hydrogens (tertiary/aromatic N) is 3. The van der Waals surface area contributed by atoms with E-state index in [1.165, 1.54) is 12.1 Å². The van der Waals surface area contributed by atoms with E-state index in [9.17, 15) is 34.9 Å². The quantitative estimate of drug-likeness (QED) is 0.488. The first-order chi connectivity index (χ1) is 12.4. The average molecular weight is 357 g/mol. The summed E-state index contributed by atoms with van der Waals surface area (Å²) in [6, 6.07) is 7.63. The summed E-state index contributed by atoms with van der Waals surface area (Å²) in [7, 11) is 0. The van der Waals surface area contributed by atoms with Crippen LogP contribution in [0.25, 0.3) is 0 Å². The minimum Gasteiger partial charge on any atom is -0.396 e. The van der Waals surface area contributed by atoms with E-state index >= 15 is 0 Å². The van der Waals surface area contributed by atoms with E-state index in [-0.39, 0.29) is 28.8 Å². The molecular formula is C16H11N3O7. The molecule has 0 saturated heterocycles. The van der Waals surface area contributed by atoms with Crippen LogP contribution in [-0.4, -0.2) is 33.4 Å². The highest BCUT2D eigenvalue weighted by molar-refractivity contribution is 6.34. The van der Waals surface area contributed by atoms with Crippen molar-refractivity contribution in [3.8, 4) is 0 Å². The molecule has 2 aromatic rings. The number of rotatable bonds is 5. The van der Waals surface area contributed by atoms with Gasteiger partial charge in [-0.25, -0.2) is 4.90 Å². The van der Waals surface area contributed by atoms with Crippen molar-refractivity contribution in [2.24, 2.45) is 0 Å². The van der Waals surface area contributed by atoms with Crippen molar-refractivity contribution >= 4 is 28.9 Å². The molecule has 132 valence electrons. The van der Waals surface area contributed by atoms with Crippen LogP contribution >= 0.6 is 0 Å². The molecule has 1 heterocycles. The maximum Gasteiger partial charge on any atom is 0.281 e. The molecule has 2 aromatic carbocycles. The first-order valence-electron chi connectivity index (χ1n) is 7.41. The van der Waals surface area contributed by atoms with E-state index in [4.69, 9.17) is 0 Å². The van der Waals surface area contributed by atoms with Crippen molar-refractivity contribution in [3.05, 3.63) is 73.3 Å². The summed E-state index contributed by atoms with van der Waals surface area (Å²) < 4.78 is 0. The number of aliphatic hydroxyl groups excluding tert-OH is 1. The van der Waals surface area contributed by atoms with Gasteiger partial charge in [0.15, 0.2) is 0 Å². The smallest absolute Gasteiger partial charge is 0.281 e. The number of nitro benzene ring substituents is 2. The van der Waals surface area contributed by atoms with Crippen molar-refractivity contribution in [3.63, 3.8) is 0 Å². The number of imide groups is 1. The Morgan fingerprint density at radius 2 is 1.54 bits per heavy atom. The van der Waals surface area contributed by atoms with Crippen LogP contribution in [0, 0.1) is 20.2 Å².